The van der Waals surface area contributed by atoms with E-state index in [2.05, 4.69) is 44.2 Å². The zero-order valence-corrected chi connectivity index (χ0v) is 10.6. The Bertz CT molecular complexity index is 412. The van der Waals surface area contributed by atoms with Gasteiger partial charge in [0.2, 0.25) is 0 Å². The van der Waals surface area contributed by atoms with E-state index in [4.69, 9.17) is 10.00 Å². The van der Waals surface area contributed by atoms with Gasteiger partial charge in [0.15, 0.2) is 0 Å². The van der Waals surface area contributed by atoms with Gasteiger partial charge in [0.25, 0.3) is 0 Å². The molecular formula is C15H19NO. The lowest BCUT2D eigenvalue weighted by atomic mass is 9.81. The number of nitriles is 1. The second-order valence-corrected chi connectivity index (χ2v) is 5.11. The van der Waals surface area contributed by atoms with Gasteiger partial charge in [-0.15, -0.1) is 0 Å². The van der Waals surface area contributed by atoms with Crippen molar-refractivity contribution >= 4 is 0 Å². The SMILES string of the molecule is CCC(C)c1ccc(CC2(C#N)COC2)cc1. The first kappa shape index (κ1) is 12.1. The fourth-order valence-electron chi connectivity index (χ4n) is 2.15. The highest BCUT2D eigenvalue weighted by atomic mass is 16.5. The van der Waals surface area contributed by atoms with Crippen LogP contribution in [0.1, 0.15) is 37.3 Å². The lowest BCUT2D eigenvalue weighted by molar-refractivity contribution is -0.0765. The van der Waals surface area contributed by atoms with Gasteiger partial charge in [-0.25, -0.2) is 0 Å². The number of hydrogen-bond donors (Lipinski definition) is 0. The fourth-order valence-corrected chi connectivity index (χ4v) is 2.15. The van der Waals surface area contributed by atoms with E-state index in [0.717, 1.165) is 12.8 Å². The van der Waals surface area contributed by atoms with Gasteiger partial charge in [0, 0.05) is 0 Å². The second-order valence-electron chi connectivity index (χ2n) is 5.11. The summed E-state index contributed by atoms with van der Waals surface area (Å²) in [6, 6.07) is 11.1. The molecule has 0 spiro atoms. The summed E-state index contributed by atoms with van der Waals surface area (Å²) < 4.78 is 5.16. The molecule has 1 aliphatic heterocycles. The number of benzene rings is 1. The normalized spacial score (nSPS) is 19.1. The molecule has 0 aromatic heterocycles. The predicted molar refractivity (Wildman–Crippen MR) is 67.7 cm³/mol. The third kappa shape index (κ3) is 2.50. The molecule has 0 saturated carbocycles. The molecule has 1 saturated heterocycles. The smallest absolute Gasteiger partial charge is 0.108 e. The van der Waals surface area contributed by atoms with E-state index in [9.17, 15) is 0 Å². The van der Waals surface area contributed by atoms with Crippen LogP contribution < -0.4 is 0 Å². The van der Waals surface area contributed by atoms with Gasteiger partial charge in [-0.2, -0.15) is 5.26 Å². The van der Waals surface area contributed by atoms with Crippen molar-refractivity contribution in [1.82, 2.24) is 0 Å². The van der Waals surface area contributed by atoms with E-state index >= 15 is 0 Å². The van der Waals surface area contributed by atoms with Crippen LogP contribution in [0.4, 0.5) is 0 Å². The molecule has 1 fully saturated rings. The highest BCUT2D eigenvalue weighted by Crippen LogP contribution is 2.31. The van der Waals surface area contributed by atoms with Crippen LogP contribution in [0, 0.1) is 16.7 Å². The van der Waals surface area contributed by atoms with Crippen LogP contribution in [0.2, 0.25) is 0 Å². The van der Waals surface area contributed by atoms with Crippen LogP contribution in [-0.2, 0) is 11.2 Å². The minimum Gasteiger partial charge on any atom is -0.378 e. The van der Waals surface area contributed by atoms with Crippen LogP contribution >= 0.6 is 0 Å². The van der Waals surface area contributed by atoms with E-state index in [1.54, 1.807) is 0 Å². The van der Waals surface area contributed by atoms with Crippen molar-refractivity contribution in [3.8, 4) is 6.07 Å². The number of nitrogens with zero attached hydrogens (tertiary/aromatic N) is 1. The maximum absolute atomic E-state index is 9.15. The van der Waals surface area contributed by atoms with E-state index in [0.29, 0.717) is 19.1 Å². The zero-order chi connectivity index (χ0) is 12.3. The van der Waals surface area contributed by atoms with Gasteiger partial charge in [0.05, 0.1) is 19.3 Å². The van der Waals surface area contributed by atoms with Crippen LogP contribution in [0.15, 0.2) is 24.3 Å². The van der Waals surface area contributed by atoms with Gasteiger partial charge in [-0.1, -0.05) is 38.1 Å². The third-order valence-electron chi connectivity index (χ3n) is 3.70. The zero-order valence-electron chi connectivity index (χ0n) is 10.6. The topological polar surface area (TPSA) is 33.0 Å². The Morgan fingerprint density at radius 1 is 1.35 bits per heavy atom. The molecule has 90 valence electrons. The molecule has 17 heavy (non-hydrogen) atoms. The van der Waals surface area contributed by atoms with Crippen molar-refractivity contribution in [2.45, 2.75) is 32.6 Å². The molecule has 2 heteroatoms. The number of ether oxygens (including phenoxy) is 1. The van der Waals surface area contributed by atoms with Crippen molar-refractivity contribution in [3.05, 3.63) is 35.4 Å². The summed E-state index contributed by atoms with van der Waals surface area (Å²) in [4.78, 5) is 0. The van der Waals surface area contributed by atoms with Crippen molar-refractivity contribution in [1.29, 1.82) is 5.26 Å². The van der Waals surface area contributed by atoms with Gasteiger partial charge in [0.1, 0.15) is 5.41 Å². The summed E-state index contributed by atoms with van der Waals surface area (Å²) in [5.41, 5.74) is 2.35. The molecule has 1 aromatic rings. The third-order valence-corrected chi connectivity index (χ3v) is 3.70. The second kappa shape index (κ2) is 4.89. The fraction of sp³-hybridized carbons (Fsp3) is 0.533. The van der Waals surface area contributed by atoms with Gasteiger partial charge >= 0.3 is 0 Å². The molecule has 1 atom stereocenters. The summed E-state index contributed by atoms with van der Waals surface area (Å²) in [7, 11) is 0. The summed E-state index contributed by atoms with van der Waals surface area (Å²) in [5.74, 6) is 0.612. The van der Waals surface area contributed by atoms with Crippen molar-refractivity contribution in [2.24, 2.45) is 5.41 Å². The molecule has 2 nitrogen and oxygen atoms in total. The molecular weight excluding hydrogens is 210 g/mol. The van der Waals surface area contributed by atoms with E-state index < -0.39 is 0 Å². The Labute approximate surface area is 103 Å². The van der Waals surface area contributed by atoms with Crippen LogP contribution in [-0.4, -0.2) is 13.2 Å². The van der Waals surface area contributed by atoms with Crippen LogP contribution in [0.3, 0.4) is 0 Å². The predicted octanol–water partition coefficient (Wildman–Crippen LogP) is 3.28. The Hall–Kier alpha value is -1.33. The molecule has 2 rings (SSSR count). The van der Waals surface area contributed by atoms with Crippen LogP contribution in [0.25, 0.3) is 0 Å². The lowest BCUT2D eigenvalue weighted by Gasteiger charge is -2.35. The van der Waals surface area contributed by atoms with Gasteiger partial charge in [-0.3, -0.25) is 0 Å². The number of hydrogen-bond acceptors (Lipinski definition) is 2. The minimum absolute atomic E-state index is 0.266. The summed E-state index contributed by atoms with van der Waals surface area (Å²) >= 11 is 0. The molecule has 1 unspecified atom stereocenters. The summed E-state index contributed by atoms with van der Waals surface area (Å²) in [5, 5.41) is 9.15. The number of rotatable bonds is 4. The Morgan fingerprint density at radius 3 is 2.41 bits per heavy atom. The standard InChI is InChI=1S/C15H19NO/c1-3-12(2)14-6-4-13(5-7-14)8-15(9-16)10-17-11-15/h4-7,12H,3,8,10-11H2,1-2H3. The van der Waals surface area contributed by atoms with Crippen LogP contribution in [0.5, 0.6) is 0 Å². The molecule has 1 aliphatic rings. The maximum atomic E-state index is 9.15. The Kier molecular flexibility index (Phi) is 3.49. The molecule has 0 radical (unpaired) electrons. The molecule has 0 aliphatic carbocycles. The monoisotopic (exact) mass is 229 g/mol. The summed E-state index contributed by atoms with van der Waals surface area (Å²) in [6.07, 6.45) is 1.97. The average molecular weight is 229 g/mol. The van der Waals surface area contributed by atoms with E-state index in [1.807, 2.05) is 0 Å². The molecule has 0 N–H and O–H groups in total. The van der Waals surface area contributed by atoms with Gasteiger partial charge < -0.3 is 4.74 Å². The van der Waals surface area contributed by atoms with Crippen molar-refractivity contribution in [3.63, 3.8) is 0 Å². The van der Waals surface area contributed by atoms with E-state index in [-0.39, 0.29) is 5.41 Å². The molecule has 1 aromatic carbocycles. The molecule has 0 bridgehead atoms. The van der Waals surface area contributed by atoms with Crippen molar-refractivity contribution in [2.75, 3.05) is 13.2 Å². The first-order valence-corrected chi connectivity index (χ1v) is 6.27. The van der Waals surface area contributed by atoms with Gasteiger partial charge in [-0.05, 0) is 29.9 Å². The largest absolute Gasteiger partial charge is 0.378 e. The Morgan fingerprint density at radius 2 is 2.00 bits per heavy atom. The maximum Gasteiger partial charge on any atom is 0.108 e. The first-order chi connectivity index (χ1) is 8.19. The highest BCUT2D eigenvalue weighted by Gasteiger charge is 2.38. The minimum atomic E-state index is -0.266. The molecule has 1 heterocycles. The molecule has 0 amide bonds. The highest BCUT2D eigenvalue weighted by molar-refractivity contribution is 5.27. The quantitative estimate of drug-likeness (QED) is 0.793. The first-order valence-electron chi connectivity index (χ1n) is 6.27. The average Bonchev–Trinajstić information content (AvgIpc) is 2.33. The Balaban J connectivity index is 2.06. The summed E-state index contributed by atoms with van der Waals surface area (Å²) in [6.45, 7) is 5.60. The van der Waals surface area contributed by atoms with Crippen molar-refractivity contribution < 1.29 is 4.74 Å². The van der Waals surface area contributed by atoms with E-state index in [1.165, 1.54) is 11.1 Å². The lowest BCUT2D eigenvalue weighted by Crippen LogP contribution is -2.43.